The summed E-state index contributed by atoms with van der Waals surface area (Å²) in [7, 11) is 1.18. The van der Waals surface area contributed by atoms with Gasteiger partial charge in [-0.2, -0.15) is 0 Å². The molecule has 0 spiro atoms. The number of methoxy groups -OCH3 is 1. The van der Waals surface area contributed by atoms with E-state index in [1.807, 2.05) is 0 Å². The van der Waals surface area contributed by atoms with Gasteiger partial charge in [0.1, 0.15) is 11.9 Å². The molecule has 0 aliphatic carbocycles. The summed E-state index contributed by atoms with van der Waals surface area (Å²) in [6, 6.07) is 9.62. The van der Waals surface area contributed by atoms with Crippen molar-refractivity contribution >= 4 is 17.6 Å². The Hall–Kier alpha value is -3.29. The van der Waals surface area contributed by atoms with Crippen LogP contribution in [0.1, 0.15) is 15.9 Å². The van der Waals surface area contributed by atoms with Crippen molar-refractivity contribution in [2.45, 2.75) is 12.5 Å². The van der Waals surface area contributed by atoms with E-state index in [4.69, 9.17) is 0 Å². The maximum Gasteiger partial charge on any atom is 0.328 e. The van der Waals surface area contributed by atoms with Crippen molar-refractivity contribution in [3.05, 3.63) is 75.6 Å². The normalized spacial score (nSPS) is 11.4. The highest BCUT2D eigenvalue weighted by Crippen LogP contribution is 2.14. The molecule has 0 unspecified atom stereocenters. The number of esters is 1. The summed E-state index contributed by atoms with van der Waals surface area (Å²) in [5.41, 5.74) is 0.584. The van der Waals surface area contributed by atoms with Crippen LogP contribution in [0.5, 0.6) is 0 Å². The molecule has 0 heterocycles. The van der Waals surface area contributed by atoms with Gasteiger partial charge in [-0.1, -0.05) is 18.2 Å². The second-order valence-electron chi connectivity index (χ2n) is 5.19. The van der Waals surface area contributed by atoms with Gasteiger partial charge in [-0.15, -0.1) is 0 Å². The number of rotatable bonds is 6. The Bertz CT molecular complexity index is 792. The first-order valence-electron chi connectivity index (χ1n) is 7.28. The number of non-ortho nitro benzene ring substituents is 1. The average Bonchev–Trinajstić information content (AvgIpc) is 2.60. The van der Waals surface area contributed by atoms with Crippen LogP contribution >= 0.6 is 0 Å². The van der Waals surface area contributed by atoms with Gasteiger partial charge in [-0.3, -0.25) is 14.9 Å². The van der Waals surface area contributed by atoms with E-state index in [1.54, 1.807) is 0 Å². The Balaban J connectivity index is 2.14. The highest BCUT2D eigenvalue weighted by Gasteiger charge is 2.23. The number of benzene rings is 2. The number of amides is 1. The Labute approximate surface area is 142 Å². The number of nitro groups is 1. The molecule has 0 aromatic heterocycles. The molecule has 0 saturated heterocycles. The maximum absolute atomic E-state index is 13.2. The van der Waals surface area contributed by atoms with E-state index in [2.05, 4.69) is 10.1 Å². The monoisotopic (exact) mass is 346 g/mol. The Morgan fingerprint density at radius 3 is 2.48 bits per heavy atom. The van der Waals surface area contributed by atoms with E-state index in [1.165, 1.54) is 49.6 Å². The van der Waals surface area contributed by atoms with Crippen LogP contribution in [0.2, 0.25) is 0 Å². The summed E-state index contributed by atoms with van der Waals surface area (Å²) in [5, 5.41) is 13.1. The van der Waals surface area contributed by atoms with Gasteiger partial charge in [0.2, 0.25) is 0 Å². The number of halogens is 1. The third-order valence-electron chi connectivity index (χ3n) is 3.46. The number of hydrogen-bond donors (Lipinski definition) is 1. The van der Waals surface area contributed by atoms with Crippen molar-refractivity contribution < 1.29 is 23.6 Å². The standard InChI is InChI=1S/C17H15FN2O5/c1-25-17(22)15(9-11-5-7-14(8-6-11)20(23)24)19-16(21)12-3-2-4-13(18)10-12/h2-8,10,15H,9H2,1H3,(H,19,21)/t15-/m1/s1. The predicted molar refractivity (Wildman–Crippen MR) is 86.5 cm³/mol. The van der Waals surface area contributed by atoms with Gasteiger partial charge in [0.15, 0.2) is 0 Å². The maximum atomic E-state index is 13.2. The highest BCUT2D eigenvalue weighted by atomic mass is 19.1. The zero-order valence-corrected chi connectivity index (χ0v) is 13.3. The van der Waals surface area contributed by atoms with Crippen LogP contribution in [0.15, 0.2) is 48.5 Å². The summed E-state index contributed by atoms with van der Waals surface area (Å²) < 4.78 is 17.9. The molecular weight excluding hydrogens is 331 g/mol. The second kappa shape index (κ2) is 8.00. The number of ether oxygens (including phenoxy) is 1. The van der Waals surface area contributed by atoms with E-state index < -0.39 is 28.7 Å². The van der Waals surface area contributed by atoms with E-state index in [-0.39, 0.29) is 17.7 Å². The van der Waals surface area contributed by atoms with Crippen LogP contribution in [0.3, 0.4) is 0 Å². The Morgan fingerprint density at radius 2 is 1.92 bits per heavy atom. The number of carbonyl (C=O) groups excluding carboxylic acids is 2. The van der Waals surface area contributed by atoms with Crippen molar-refractivity contribution in [3.63, 3.8) is 0 Å². The van der Waals surface area contributed by atoms with Gasteiger partial charge in [-0.05, 0) is 23.8 Å². The largest absolute Gasteiger partial charge is 0.467 e. The van der Waals surface area contributed by atoms with E-state index >= 15 is 0 Å². The molecule has 0 fully saturated rings. The Kier molecular flexibility index (Phi) is 5.78. The van der Waals surface area contributed by atoms with Gasteiger partial charge in [-0.25, -0.2) is 9.18 Å². The molecule has 1 atom stereocenters. The summed E-state index contributed by atoms with van der Waals surface area (Å²) in [4.78, 5) is 34.2. The molecule has 2 aromatic carbocycles. The lowest BCUT2D eigenvalue weighted by atomic mass is 10.0. The highest BCUT2D eigenvalue weighted by molar-refractivity contribution is 5.96. The van der Waals surface area contributed by atoms with E-state index in [0.717, 1.165) is 6.07 Å². The smallest absolute Gasteiger partial charge is 0.328 e. The predicted octanol–water partition coefficient (Wildman–Crippen LogP) is 2.25. The van der Waals surface area contributed by atoms with Crippen LogP contribution in [0, 0.1) is 15.9 Å². The molecule has 2 rings (SSSR count). The fourth-order valence-electron chi connectivity index (χ4n) is 2.20. The second-order valence-corrected chi connectivity index (χ2v) is 5.19. The molecule has 1 N–H and O–H groups in total. The molecule has 0 aliphatic rings. The molecule has 0 aliphatic heterocycles. The third-order valence-corrected chi connectivity index (χ3v) is 3.46. The lowest BCUT2D eigenvalue weighted by Crippen LogP contribution is -2.43. The van der Waals surface area contributed by atoms with Crippen LogP contribution in [0.25, 0.3) is 0 Å². The zero-order valence-electron chi connectivity index (χ0n) is 13.3. The van der Waals surface area contributed by atoms with Gasteiger partial charge in [0.05, 0.1) is 12.0 Å². The fraction of sp³-hybridized carbons (Fsp3) is 0.176. The molecule has 130 valence electrons. The molecule has 0 radical (unpaired) electrons. The first kappa shape index (κ1) is 18.1. The lowest BCUT2D eigenvalue weighted by Gasteiger charge is -2.16. The van der Waals surface area contributed by atoms with Gasteiger partial charge >= 0.3 is 5.97 Å². The Morgan fingerprint density at radius 1 is 1.24 bits per heavy atom. The molecule has 2 aromatic rings. The zero-order chi connectivity index (χ0) is 18.4. The topological polar surface area (TPSA) is 98.5 Å². The molecule has 25 heavy (non-hydrogen) atoms. The first-order chi connectivity index (χ1) is 11.9. The van der Waals surface area contributed by atoms with Crippen molar-refractivity contribution in [1.29, 1.82) is 0 Å². The molecule has 8 heteroatoms. The number of nitrogens with one attached hydrogen (secondary N) is 1. The van der Waals surface area contributed by atoms with Gasteiger partial charge in [0.25, 0.3) is 11.6 Å². The molecule has 0 saturated carbocycles. The molecule has 0 bridgehead atoms. The fourth-order valence-corrected chi connectivity index (χ4v) is 2.20. The summed E-state index contributed by atoms with van der Waals surface area (Å²) in [6.45, 7) is 0. The van der Waals surface area contributed by atoms with Crippen LogP contribution < -0.4 is 5.32 Å². The lowest BCUT2D eigenvalue weighted by molar-refractivity contribution is -0.384. The van der Waals surface area contributed by atoms with E-state index in [0.29, 0.717) is 5.56 Å². The average molecular weight is 346 g/mol. The minimum atomic E-state index is -1.01. The molecule has 1 amide bonds. The van der Waals surface area contributed by atoms with Crippen LogP contribution in [-0.4, -0.2) is 30.0 Å². The van der Waals surface area contributed by atoms with E-state index in [9.17, 15) is 24.1 Å². The number of nitrogens with zero attached hydrogens (tertiary/aromatic N) is 1. The minimum absolute atomic E-state index is 0.0672. The first-order valence-corrected chi connectivity index (χ1v) is 7.28. The molecule has 7 nitrogen and oxygen atoms in total. The van der Waals surface area contributed by atoms with Crippen molar-refractivity contribution in [3.8, 4) is 0 Å². The van der Waals surface area contributed by atoms with Crippen molar-refractivity contribution in [1.82, 2.24) is 5.32 Å². The minimum Gasteiger partial charge on any atom is -0.467 e. The number of carbonyl (C=O) groups is 2. The van der Waals surface area contributed by atoms with Gasteiger partial charge in [0, 0.05) is 24.1 Å². The van der Waals surface area contributed by atoms with Gasteiger partial charge < -0.3 is 10.1 Å². The van der Waals surface area contributed by atoms with Crippen molar-refractivity contribution in [2.75, 3.05) is 7.11 Å². The summed E-state index contributed by atoms with van der Waals surface area (Å²) >= 11 is 0. The van der Waals surface area contributed by atoms with Crippen LogP contribution in [-0.2, 0) is 16.0 Å². The van der Waals surface area contributed by atoms with Crippen LogP contribution in [0.4, 0.5) is 10.1 Å². The summed E-state index contributed by atoms with van der Waals surface area (Å²) in [6.07, 6.45) is 0.0751. The summed E-state index contributed by atoms with van der Waals surface area (Å²) in [5.74, 6) is -1.88. The number of nitro benzene ring substituents is 1. The SMILES string of the molecule is COC(=O)[C@@H](Cc1ccc([N+](=O)[O-])cc1)NC(=O)c1cccc(F)c1. The number of hydrogen-bond acceptors (Lipinski definition) is 5. The van der Waals surface area contributed by atoms with Crippen molar-refractivity contribution in [2.24, 2.45) is 0 Å². The quantitative estimate of drug-likeness (QED) is 0.491. The molecular formula is C17H15FN2O5. The third kappa shape index (κ3) is 4.84.